The number of nitrogens with zero attached hydrogens (tertiary/aromatic N) is 1. The van der Waals surface area contributed by atoms with E-state index in [-0.39, 0.29) is 23.6 Å². The van der Waals surface area contributed by atoms with E-state index >= 15 is 0 Å². The second kappa shape index (κ2) is 5.72. The molecule has 5 atom stereocenters. The maximum Gasteiger partial charge on any atom is 0.161 e. The molecular weight excluding hydrogens is 280 g/mol. The lowest BCUT2D eigenvalue weighted by Gasteiger charge is -2.54. The third-order valence-electron chi connectivity index (χ3n) is 5.13. The van der Waals surface area contributed by atoms with Crippen LogP contribution in [-0.2, 0) is 0 Å². The van der Waals surface area contributed by atoms with Crippen molar-refractivity contribution in [1.29, 1.82) is 0 Å². The Morgan fingerprint density at radius 2 is 2.00 bits per heavy atom. The molecule has 0 amide bonds. The highest BCUT2D eigenvalue weighted by Crippen LogP contribution is 2.41. The van der Waals surface area contributed by atoms with E-state index in [1.807, 2.05) is 12.1 Å². The molecule has 3 rings (SSSR count). The van der Waals surface area contributed by atoms with Crippen LogP contribution in [0, 0.1) is 11.3 Å². The molecule has 1 unspecified atom stereocenters. The number of fused-ring (bicyclic) bond motifs is 2. The maximum atomic E-state index is 10.5. The monoisotopic (exact) mass is 306 g/mol. The Kier molecular flexibility index (Phi) is 4.05. The Morgan fingerprint density at radius 3 is 2.68 bits per heavy atom. The fraction of sp³-hybridized carbons (Fsp3) is 0.647. The van der Waals surface area contributed by atoms with Gasteiger partial charge in [-0.3, -0.25) is 10.2 Å². The molecule has 2 aliphatic rings. The molecule has 2 heterocycles. The molecule has 1 aromatic rings. The quantitative estimate of drug-likeness (QED) is 0.889. The van der Waals surface area contributed by atoms with E-state index < -0.39 is 0 Å². The number of benzene rings is 1. The van der Waals surface area contributed by atoms with Crippen molar-refractivity contribution >= 4 is 0 Å². The van der Waals surface area contributed by atoms with Crippen molar-refractivity contribution in [2.45, 2.75) is 26.1 Å². The average Bonchev–Trinajstić information content (AvgIpc) is 2.52. The minimum atomic E-state index is -0.248. The molecule has 0 aromatic heterocycles. The summed E-state index contributed by atoms with van der Waals surface area (Å²) in [4.78, 5) is 2.42. The Labute approximate surface area is 132 Å². The van der Waals surface area contributed by atoms with Gasteiger partial charge in [-0.25, -0.2) is 0 Å². The van der Waals surface area contributed by atoms with E-state index in [2.05, 4.69) is 30.1 Å². The number of aliphatic hydroxyl groups excluding tert-OH is 1. The first-order valence-electron chi connectivity index (χ1n) is 7.86. The van der Waals surface area contributed by atoms with Gasteiger partial charge in [0.05, 0.1) is 26.5 Å². The fourth-order valence-electron chi connectivity index (χ4n) is 3.95. The topological polar surface area (TPSA) is 54.0 Å². The molecule has 2 N–H and O–H groups in total. The van der Waals surface area contributed by atoms with Crippen molar-refractivity contribution in [3.05, 3.63) is 23.8 Å². The number of hydrogen-bond donors (Lipinski definition) is 2. The molecule has 0 aliphatic carbocycles. The van der Waals surface area contributed by atoms with E-state index in [1.54, 1.807) is 14.2 Å². The van der Waals surface area contributed by atoms with Crippen LogP contribution in [0.5, 0.6) is 11.5 Å². The number of piperidine rings is 1. The minimum Gasteiger partial charge on any atom is -0.493 e. The third kappa shape index (κ3) is 2.47. The molecule has 5 nitrogen and oxygen atoms in total. The van der Waals surface area contributed by atoms with Crippen LogP contribution < -0.4 is 14.8 Å². The van der Waals surface area contributed by atoms with Gasteiger partial charge in [0.1, 0.15) is 0 Å². The number of ether oxygens (including phenoxy) is 2. The summed E-state index contributed by atoms with van der Waals surface area (Å²) in [5.74, 6) is 1.78. The first-order chi connectivity index (χ1) is 10.5. The lowest BCUT2D eigenvalue weighted by atomic mass is 9.72. The van der Waals surface area contributed by atoms with Gasteiger partial charge in [0.15, 0.2) is 11.5 Å². The van der Waals surface area contributed by atoms with Crippen LogP contribution in [0.25, 0.3) is 0 Å². The molecular formula is C17H26N2O3. The van der Waals surface area contributed by atoms with Crippen molar-refractivity contribution in [3.8, 4) is 11.5 Å². The molecule has 2 fully saturated rings. The van der Waals surface area contributed by atoms with Gasteiger partial charge in [-0.15, -0.1) is 0 Å². The van der Waals surface area contributed by atoms with Crippen LogP contribution in [0.1, 0.15) is 25.6 Å². The van der Waals surface area contributed by atoms with E-state index in [0.717, 1.165) is 31.1 Å². The van der Waals surface area contributed by atoms with Gasteiger partial charge in [-0.1, -0.05) is 19.9 Å². The van der Waals surface area contributed by atoms with Gasteiger partial charge in [0, 0.05) is 25.0 Å². The highest BCUT2D eigenvalue weighted by molar-refractivity contribution is 5.43. The number of rotatable bonds is 3. The Hall–Kier alpha value is -1.30. The Balaban J connectivity index is 1.87. The van der Waals surface area contributed by atoms with Crippen LogP contribution in [-0.4, -0.2) is 50.0 Å². The average molecular weight is 306 g/mol. The van der Waals surface area contributed by atoms with Crippen LogP contribution in [0.4, 0.5) is 0 Å². The number of hydrogen-bond acceptors (Lipinski definition) is 5. The predicted octanol–water partition coefficient (Wildman–Crippen LogP) is 1.62. The molecule has 0 radical (unpaired) electrons. The second-order valence-electron chi connectivity index (χ2n) is 6.90. The molecule has 2 bridgehead atoms. The molecule has 1 aromatic carbocycles. The van der Waals surface area contributed by atoms with E-state index in [4.69, 9.17) is 9.47 Å². The Bertz CT molecular complexity index is 551. The molecule has 0 saturated carbocycles. The molecule has 0 spiro atoms. The maximum absolute atomic E-state index is 10.5. The zero-order chi connectivity index (χ0) is 15.9. The van der Waals surface area contributed by atoms with E-state index in [9.17, 15) is 5.11 Å². The summed E-state index contributed by atoms with van der Waals surface area (Å²) in [5.41, 5.74) is 1.09. The summed E-state index contributed by atoms with van der Waals surface area (Å²) < 4.78 is 10.7. The van der Waals surface area contributed by atoms with Crippen molar-refractivity contribution < 1.29 is 14.6 Å². The SMILES string of the molecule is COc1ccc([C@@H]2NC[C@@]3(C)CN2C[C@H](C)[C@H]3O)cc1OC. The van der Waals surface area contributed by atoms with Gasteiger partial charge in [-0.05, 0) is 23.6 Å². The van der Waals surface area contributed by atoms with Gasteiger partial charge in [-0.2, -0.15) is 0 Å². The summed E-state index contributed by atoms with van der Waals surface area (Å²) in [6.07, 6.45) is -0.0922. The summed E-state index contributed by atoms with van der Waals surface area (Å²) in [5, 5.41) is 14.0. The number of nitrogens with one attached hydrogen (secondary N) is 1. The second-order valence-corrected chi connectivity index (χ2v) is 6.90. The minimum absolute atomic E-state index is 0.0786. The zero-order valence-corrected chi connectivity index (χ0v) is 13.8. The molecule has 2 aliphatic heterocycles. The zero-order valence-electron chi connectivity index (χ0n) is 13.8. The highest BCUT2D eigenvalue weighted by atomic mass is 16.5. The summed E-state index contributed by atoms with van der Waals surface area (Å²) >= 11 is 0. The van der Waals surface area contributed by atoms with Crippen LogP contribution in [0.2, 0.25) is 0 Å². The van der Waals surface area contributed by atoms with Crippen molar-refractivity contribution in [2.75, 3.05) is 33.9 Å². The lowest BCUT2D eigenvalue weighted by molar-refractivity contribution is -0.114. The summed E-state index contributed by atoms with van der Waals surface area (Å²) in [6, 6.07) is 6.07. The van der Waals surface area contributed by atoms with Gasteiger partial charge in [0.2, 0.25) is 0 Å². The lowest BCUT2D eigenvalue weighted by Crippen LogP contribution is -2.65. The predicted molar refractivity (Wildman–Crippen MR) is 85.1 cm³/mol. The van der Waals surface area contributed by atoms with Crippen LogP contribution in [0.3, 0.4) is 0 Å². The number of methoxy groups -OCH3 is 2. The Morgan fingerprint density at radius 1 is 1.27 bits per heavy atom. The van der Waals surface area contributed by atoms with Gasteiger partial charge < -0.3 is 14.6 Å². The fourth-order valence-corrected chi connectivity index (χ4v) is 3.95. The van der Waals surface area contributed by atoms with Gasteiger partial charge in [0.25, 0.3) is 0 Å². The van der Waals surface area contributed by atoms with Crippen molar-refractivity contribution in [1.82, 2.24) is 10.2 Å². The van der Waals surface area contributed by atoms with Gasteiger partial charge >= 0.3 is 0 Å². The molecule has 22 heavy (non-hydrogen) atoms. The normalized spacial score (nSPS) is 37.7. The van der Waals surface area contributed by atoms with E-state index in [0.29, 0.717) is 0 Å². The molecule has 5 heteroatoms. The smallest absolute Gasteiger partial charge is 0.161 e. The summed E-state index contributed by atoms with van der Waals surface area (Å²) in [7, 11) is 3.31. The first-order valence-corrected chi connectivity index (χ1v) is 7.86. The highest BCUT2D eigenvalue weighted by Gasteiger charge is 2.47. The standard InChI is InChI=1S/C17H26N2O3/c1-11-8-19-10-17(2,15(11)20)9-18-16(19)12-5-6-13(21-3)14(7-12)22-4/h5-7,11,15-16,18,20H,8-10H2,1-4H3/t11-,15+,16+,17-/m0/s1. The number of aliphatic hydroxyl groups is 1. The molecule has 122 valence electrons. The van der Waals surface area contributed by atoms with Crippen molar-refractivity contribution in [3.63, 3.8) is 0 Å². The van der Waals surface area contributed by atoms with Crippen LogP contribution in [0.15, 0.2) is 18.2 Å². The van der Waals surface area contributed by atoms with Crippen LogP contribution >= 0.6 is 0 Å². The van der Waals surface area contributed by atoms with E-state index in [1.165, 1.54) is 5.56 Å². The largest absolute Gasteiger partial charge is 0.493 e. The van der Waals surface area contributed by atoms with Crippen molar-refractivity contribution in [2.24, 2.45) is 11.3 Å². The summed E-state index contributed by atoms with van der Waals surface area (Å²) in [6.45, 7) is 6.91. The molecule has 2 saturated heterocycles. The third-order valence-corrected chi connectivity index (χ3v) is 5.13. The first kappa shape index (κ1) is 15.6.